The van der Waals surface area contributed by atoms with Crippen molar-refractivity contribution in [1.82, 2.24) is 0 Å². The molecule has 1 aromatic carbocycles. The average molecular weight is 233 g/mol. The summed E-state index contributed by atoms with van der Waals surface area (Å²) >= 11 is 0. The van der Waals surface area contributed by atoms with Crippen LogP contribution in [0.3, 0.4) is 0 Å². The number of hydrogen-bond acceptors (Lipinski definition) is 3. The van der Waals surface area contributed by atoms with Gasteiger partial charge in [-0.05, 0) is 44.2 Å². The number of aryl methyl sites for hydroxylation is 1. The fraction of sp³-hybridized carbons (Fsp3) is 0.500. The zero-order valence-electron chi connectivity index (χ0n) is 10.7. The van der Waals surface area contributed by atoms with Crippen LogP contribution in [0.4, 0.5) is 0 Å². The van der Waals surface area contributed by atoms with E-state index in [1.165, 1.54) is 11.1 Å². The third kappa shape index (κ3) is 5.11. The molecule has 0 aliphatic heterocycles. The van der Waals surface area contributed by atoms with E-state index in [9.17, 15) is 0 Å². The van der Waals surface area contributed by atoms with Gasteiger partial charge in [-0.1, -0.05) is 24.3 Å². The molecule has 3 nitrogen and oxygen atoms in total. The van der Waals surface area contributed by atoms with E-state index in [-0.39, 0.29) is 12.1 Å². The molecule has 1 aromatic rings. The number of hydrogen-bond donors (Lipinski definition) is 3. The van der Waals surface area contributed by atoms with Crippen molar-refractivity contribution in [2.24, 2.45) is 11.5 Å². The van der Waals surface area contributed by atoms with Crippen LogP contribution in [0, 0.1) is 5.41 Å². The fourth-order valence-electron chi connectivity index (χ4n) is 1.72. The topological polar surface area (TPSA) is 75.9 Å². The molecule has 1 rings (SSSR count). The minimum absolute atomic E-state index is 0.132. The summed E-state index contributed by atoms with van der Waals surface area (Å²) in [5, 5.41) is 7.69. The molecule has 5 N–H and O–H groups in total. The van der Waals surface area contributed by atoms with Crippen LogP contribution in [0.2, 0.25) is 0 Å². The van der Waals surface area contributed by atoms with E-state index < -0.39 is 0 Å². The average Bonchev–Trinajstić information content (AvgIpc) is 2.26. The van der Waals surface area contributed by atoms with Crippen molar-refractivity contribution in [1.29, 1.82) is 5.41 Å². The van der Waals surface area contributed by atoms with Crippen LogP contribution >= 0.6 is 0 Å². The normalized spacial score (nSPS) is 14.4. The van der Waals surface area contributed by atoms with Crippen molar-refractivity contribution in [3.05, 3.63) is 35.4 Å². The van der Waals surface area contributed by atoms with E-state index in [4.69, 9.17) is 16.9 Å². The second kappa shape index (κ2) is 6.52. The van der Waals surface area contributed by atoms with E-state index in [0.29, 0.717) is 5.71 Å². The number of nitrogens with two attached hydrogens (primary N) is 2. The van der Waals surface area contributed by atoms with Crippen molar-refractivity contribution in [2.75, 3.05) is 0 Å². The van der Waals surface area contributed by atoms with Gasteiger partial charge in [-0.15, -0.1) is 0 Å². The maximum absolute atomic E-state index is 7.69. The Bertz CT molecular complexity index is 352. The maximum atomic E-state index is 7.69. The summed E-state index contributed by atoms with van der Waals surface area (Å²) < 4.78 is 0. The maximum Gasteiger partial charge on any atom is 0.0394 e. The van der Waals surface area contributed by atoms with Crippen LogP contribution in [0.25, 0.3) is 0 Å². The highest BCUT2D eigenvalue weighted by Crippen LogP contribution is 2.09. The summed E-state index contributed by atoms with van der Waals surface area (Å²) in [6.07, 6.45) is 2.54. The van der Waals surface area contributed by atoms with Crippen LogP contribution in [-0.4, -0.2) is 17.8 Å². The largest absolute Gasteiger partial charge is 0.328 e. The number of benzene rings is 1. The molecule has 2 atom stereocenters. The first-order chi connectivity index (χ1) is 7.99. The minimum atomic E-state index is -0.132. The van der Waals surface area contributed by atoms with Crippen LogP contribution < -0.4 is 11.5 Å². The standard InChI is InChI=1S/C14H23N3/c1-10(15)9-13-5-3-12(4-6-13)7-8-14(17)11(2)16/h3-6,10-11,17H,7-9,15-16H2,1-2H3. The number of nitrogens with one attached hydrogen (secondary N) is 1. The van der Waals surface area contributed by atoms with Crippen LogP contribution in [0.5, 0.6) is 0 Å². The Kier molecular flexibility index (Phi) is 5.32. The Morgan fingerprint density at radius 1 is 1.12 bits per heavy atom. The summed E-state index contributed by atoms with van der Waals surface area (Å²) in [6.45, 7) is 3.87. The highest BCUT2D eigenvalue weighted by atomic mass is 14.7. The van der Waals surface area contributed by atoms with Crippen LogP contribution in [-0.2, 0) is 12.8 Å². The molecule has 0 amide bonds. The summed E-state index contributed by atoms with van der Waals surface area (Å²) in [5.74, 6) is 0. The lowest BCUT2D eigenvalue weighted by Gasteiger charge is -2.09. The van der Waals surface area contributed by atoms with Crippen molar-refractivity contribution >= 4 is 5.71 Å². The van der Waals surface area contributed by atoms with Gasteiger partial charge in [0.05, 0.1) is 0 Å². The molecular weight excluding hydrogens is 210 g/mol. The molecule has 0 saturated carbocycles. The molecule has 0 bridgehead atoms. The Morgan fingerprint density at radius 2 is 1.65 bits per heavy atom. The molecule has 94 valence electrons. The molecule has 2 unspecified atom stereocenters. The van der Waals surface area contributed by atoms with Gasteiger partial charge in [0.1, 0.15) is 0 Å². The van der Waals surface area contributed by atoms with E-state index in [1.54, 1.807) is 0 Å². The van der Waals surface area contributed by atoms with Gasteiger partial charge >= 0.3 is 0 Å². The molecule has 0 saturated heterocycles. The smallest absolute Gasteiger partial charge is 0.0394 e. The lowest BCUT2D eigenvalue weighted by molar-refractivity contribution is 0.737. The van der Waals surface area contributed by atoms with Crippen molar-refractivity contribution in [3.8, 4) is 0 Å². The Labute approximate surface area is 104 Å². The van der Waals surface area contributed by atoms with Gasteiger partial charge in [0.15, 0.2) is 0 Å². The summed E-state index contributed by atoms with van der Waals surface area (Å²) in [4.78, 5) is 0. The first kappa shape index (κ1) is 13.9. The summed E-state index contributed by atoms with van der Waals surface area (Å²) in [6, 6.07) is 8.54. The van der Waals surface area contributed by atoms with Gasteiger partial charge in [0.2, 0.25) is 0 Å². The van der Waals surface area contributed by atoms with E-state index >= 15 is 0 Å². The Hall–Kier alpha value is -1.19. The molecule has 0 fully saturated rings. The van der Waals surface area contributed by atoms with Gasteiger partial charge < -0.3 is 16.9 Å². The van der Waals surface area contributed by atoms with E-state index in [1.807, 2.05) is 13.8 Å². The van der Waals surface area contributed by atoms with Crippen molar-refractivity contribution in [2.45, 2.75) is 45.2 Å². The van der Waals surface area contributed by atoms with Crippen molar-refractivity contribution < 1.29 is 0 Å². The first-order valence-electron chi connectivity index (χ1n) is 6.15. The van der Waals surface area contributed by atoms with Gasteiger partial charge in [-0.3, -0.25) is 0 Å². The Morgan fingerprint density at radius 3 is 2.12 bits per heavy atom. The van der Waals surface area contributed by atoms with Gasteiger partial charge in [-0.25, -0.2) is 0 Å². The zero-order valence-corrected chi connectivity index (χ0v) is 10.7. The van der Waals surface area contributed by atoms with E-state index in [2.05, 4.69) is 24.3 Å². The Balaban J connectivity index is 2.48. The lowest BCUT2D eigenvalue weighted by Crippen LogP contribution is -2.26. The minimum Gasteiger partial charge on any atom is -0.328 e. The molecule has 3 heteroatoms. The molecule has 0 aliphatic carbocycles. The highest BCUT2D eigenvalue weighted by Gasteiger charge is 2.04. The van der Waals surface area contributed by atoms with E-state index in [0.717, 1.165) is 19.3 Å². The second-order valence-corrected chi connectivity index (χ2v) is 4.81. The van der Waals surface area contributed by atoms with Crippen LogP contribution in [0.15, 0.2) is 24.3 Å². The van der Waals surface area contributed by atoms with Gasteiger partial charge in [0, 0.05) is 17.8 Å². The summed E-state index contributed by atoms with van der Waals surface area (Å²) in [5.41, 5.74) is 14.5. The van der Waals surface area contributed by atoms with Gasteiger partial charge in [0.25, 0.3) is 0 Å². The quantitative estimate of drug-likeness (QED) is 0.656. The monoisotopic (exact) mass is 233 g/mol. The molecular formula is C14H23N3. The first-order valence-corrected chi connectivity index (χ1v) is 6.15. The fourth-order valence-corrected chi connectivity index (χ4v) is 1.72. The second-order valence-electron chi connectivity index (χ2n) is 4.81. The summed E-state index contributed by atoms with van der Waals surface area (Å²) in [7, 11) is 0. The van der Waals surface area contributed by atoms with Crippen molar-refractivity contribution in [3.63, 3.8) is 0 Å². The molecule has 0 spiro atoms. The van der Waals surface area contributed by atoms with Crippen LogP contribution in [0.1, 0.15) is 31.4 Å². The molecule has 0 aliphatic rings. The lowest BCUT2D eigenvalue weighted by atomic mass is 10.0. The molecule has 0 aromatic heterocycles. The highest BCUT2D eigenvalue weighted by molar-refractivity contribution is 5.86. The number of rotatable bonds is 6. The van der Waals surface area contributed by atoms with Gasteiger partial charge in [-0.2, -0.15) is 0 Å². The predicted octanol–water partition coefficient (Wildman–Crippen LogP) is 1.88. The third-order valence-corrected chi connectivity index (χ3v) is 2.81. The molecule has 0 heterocycles. The SMILES string of the molecule is CC(N)Cc1ccc(CCC(=N)C(C)N)cc1. The predicted molar refractivity (Wildman–Crippen MR) is 73.5 cm³/mol. The zero-order chi connectivity index (χ0) is 12.8. The third-order valence-electron chi connectivity index (χ3n) is 2.81. The molecule has 17 heavy (non-hydrogen) atoms. The molecule has 0 radical (unpaired) electrons.